The predicted molar refractivity (Wildman–Crippen MR) is 99.7 cm³/mol. The summed E-state index contributed by atoms with van der Waals surface area (Å²) in [7, 11) is 3.13. The van der Waals surface area contributed by atoms with Crippen molar-refractivity contribution in [3.8, 4) is 5.75 Å². The Labute approximate surface area is 158 Å². The minimum atomic E-state index is -0.912. The Morgan fingerprint density at radius 1 is 1.23 bits per heavy atom. The second kappa shape index (κ2) is 13.1. The summed E-state index contributed by atoms with van der Waals surface area (Å²) in [5.74, 6) is 0.371. The van der Waals surface area contributed by atoms with Crippen molar-refractivity contribution in [3.63, 3.8) is 0 Å². The number of nitrogens with zero attached hydrogens (tertiary/aromatic N) is 1. The second-order valence-electron chi connectivity index (χ2n) is 4.66. The first-order chi connectivity index (χ1) is 12.5. The Morgan fingerprint density at radius 2 is 2.00 bits per heavy atom. The largest absolute Gasteiger partial charge is 0.462 e. The van der Waals surface area contributed by atoms with Gasteiger partial charge in [-0.1, -0.05) is 39.8 Å². The highest BCUT2D eigenvalue weighted by molar-refractivity contribution is 8.76. The van der Waals surface area contributed by atoms with Gasteiger partial charge in [0.2, 0.25) is 0 Å². The van der Waals surface area contributed by atoms with Crippen molar-refractivity contribution in [2.45, 2.75) is 12.8 Å². The monoisotopic (exact) mass is 401 g/mol. The lowest BCUT2D eigenvalue weighted by atomic mass is 10.2. The molecule has 0 saturated carbocycles. The second-order valence-corrected chi connectivity index (χ2v) is 7.29. The molecule has 0 unspecified atom stereocenters. The van der Waals surface area contributed by atoms with E-state index in [9.17, 15) is 19.7 Å². The molecular formula is C16H19NO7S2. The molecule has 8 nitrogen and oxygen atoms in total. The van der Waals surface area contributed by atoms with Crippen LogP contribution >= 0.6 is 21.6 Å². The molecule has 0 N–H and O–H groups in total. The summed E-state index contributed by atoms with van der Waals surface area (Å²) in [5.41, 5.74) is 0.115. The third kappa shape index (κ3) is 9.33. The Hall–Kier alpha value is -2.20. The van der Waals surface area contributed by atoms with Crippen LogP contribution in [0, 0.1) is 10.1 Å². The molecule has 0 fully saturated rings. The molecule has 1 rings (SSSR count). The van der Waals surface area contributed by atoms with E-state index in [1.54, 1.807) is 29.0 Å². The number of para-hydroxylation sites is 1. The van der Waals surface area contributed by atoms with Gasteiger partial charge in [0.05, 0.1) is 19.6 Å². The molecular weight excluding hydrogens is 382 g/mol. The predicted octanol–water partition coefficient (Wildman–Crippen LogP) is 3.30. The quantitative estimate of drug-likeness (QED) is 0.0936. The van der Waals surface area contributed by atoms with Gasteiger partial charge in [0.1, 0.15) is 11.3 Å². The van der Waals surface area contributed by atoms with Crippen molar-refractivity contribution < 1.29 is 29.0 Å². The molecule has 0 aliphatic rings. The van der Waals surface area contributed by atoms with Crippen molar-refractivity contribution in [2.75, 3.05) is 24.7 Å². The Kier molecular flexibility index (Phi) is 11.0. The van der Waals surface area contributed by atoms with Crippen molar-refractivity contribution in [3.05, 3.63) is 52.6 Å². The summed E-state index contributed by atoms with van der Waals surface area (Å²) in [6.45, 7) is 3.39. The minimum absolute atomic E-state index is 0.0495. The molecule has 0 heterocycles. The molecule has 0 radical (unpaired) electrons. The van der Waals surface area contributed by atoms with Crippen LogP contribution in [0.1, 0.15) is 23.2 Å². The molecule has 0 aromatic heterocycles. The number of carbonyl (C=O) groups is 2. The van der Waals surface area contributed by atoms with E-state index in [0.717, 1.165) is 5.75 Å². The highest BCUT2D eigenvalue weighted by Gasteiger charge is 2.16. The zero-order valence-electron chi connectivity index (χ0n) is 14.0. The van der Waals surface area contributed by atoms with E-state index in [0.29, 0.717) is 5.75 Å². The van der Waals surface area contributed by atoms with Gasteiger partial charge in [-0.3, -0.25) is 4.79 Å². The first-order valence-corrected chi connectivity index (χ1v) is 10.1. The van der Waals surface area contributed by atoms with Gasteiger partial charge in [0.25, 0.3) is 5.09 Å². The van der Waals surface area contributed by atoms with Crippen LogP contribution in [-0.2, 0) is 14.4 Å². The fourth-order valence-corrected chi connectivity index (χ4v) is 3.36. The number of benzene rings is 1. The van der Waals surface area contributed by atoms with E-state index in [1.165, 1.54) is 22.9 Å². The molecule has 1 aromatic carbocycles. The number of rotatable bonds is 13. The summed E-state index contributed by atoms with van der Waals surface area (Å²) >= 11 is 0. The third-order valence-corrected chi connectivity index (χ3v) is 5.03. The Balaban J connectivity index is 2.45. The standard InChI is InChI=1S/C16H19NO7S2/c1-2-11-25-26-12-8-15(18)24-14-7-4-3-6-13(14)16(19)22-9-5-10-23-17(20)21/h2-4,6-7H,1,5,8-12H2. The van der Waals surface area contributed by atoms with Gasteiger partial charge in [0.15, 0.2) is 0 Å². The first kappa shape index (κ1) is 21.8. The molecule has 0 aliphatic heterocycles. The van der Waals surface area contributed by atoms with Gasteiger partial charge in [-0.2, -0.15) is 0 Å². The summed E-state index contributed by atoms with van der Waals surface area (Å²) in [4.78, 5) is 38.1. The average Bonchev–Trinajstić information content (AvgIpc) is 2.61. The fourth-order valence-electron chi connectivity index (χ4n) is 1.62. The lowest BCUT2D eigenvalue weighted by Crippen LogP contribution is -2.14. The van der Waals surface area contributed by atoms with Crippen LogP contribution in [-0.4, -0.2) is 41.7 Å². The SMILES string of the molecule is C=CCSSCCC(=O)Oc1ccccc1C(=O)OCCCO[N+](=O)[O-]. The molecule has 0 spiro atoms. The number of esters is 2. The maximum atomic E-state index is 12.1. The summed E-state index contributed by atoms with van der Waals surface area (Å²) in [6, 6.07) is 6.24. The van der Waals surface area contributed by atoms with E-state index in [1.807, 2.05) is 0 Å². The van der Waals surface area contributed by atoms with Crippen LogP contribution in [0.3, 0.4) is 0 Å². The van der Waals surface area contributed by atoms with Crippen LogP contribution in [0.5, 0.6) is 5.75 Å². The van der Waals surface area contributed by atoms with Crippen LogP contribution < -0.4 is 4.74 Å². The van der Waals surface area contributed by atoms with Crippen molar-refractivity contribution in [1.29, 1.82) is 0 Å². The third-order valence-electron chi connectivity index (χ3n) is 2.71. The molecule has 26 heavy (non-hydrogen) atoms. The Bertz CT molecular complexity index is 624. The molecule has 0 aliphatic carbocycles. The molecule has 1 aromatic rings. The molecule has 10 heteroatoms. The van der Waals surface area contributed by atoms with Crippen molar-refractivity contribution in [2.24, 2.45) is 0 Å². The van der Waals surface area contributed by atoms with Gasteiger partial charge in [0, 0.05) is 17.9 Å². The number of carbonyl (C=O) groups excluding carboxylic acids is 2. The maximum absolute atomic E-state index is 12.1. The Morgan fingerprint density at radius 3 is 2.73 bits per heavy atom. The van der Waals surface area contributed by atoms with Gasteiger partial charge in [-0.05, 0) is 12.1 Å². The van der Waals surface area contributed by atoms with Gasteiger partial charge in [-0.15, -0.1) is 16.7 Å². The summed E-state index contributed by atoms with van der Waals surface area (Å²) in [5, 5.41) is 9.10. The topological polar surface area (TPSA) is 105 Å². The van der Waals surface area contributed by atoms with E-state index >= 15 is 0 Å². The van der Waals surface area contributed by atoms with Gasteiger partial charge >= 0.3 is 11.9 Å². The van der Waals surface area contributed by atoms with Gasteiger partial charge in [-0.25, -0.2) is 4.79 Å². The van der Waals surface area contributed by atoms with E-state index in [4.69, 9.17) is 9.47 Å². The lowest BCUT2D eigenvalue weighted by Gasteiger charge is -2.10. The lowest BCUT2D eigenvalue weighted by molar-refractivity contribution is -0.757. The summed E-state index contributed by atoms with van der Waals surface area (Å²) in [6.07, 6.45) is 2.16. The normalized spacial score (nSPS) is 10.0. The van der Waals surface area contributed by atoms with Crippen molar-refractivity contribution in [1.82, 2.24) is 0 Å². The molecule has 0 atom stereocenters. The van der Waals surface area contributed by atoms with E-state index in [2.05, 4.69) is 11.4 Å². The van der Waals surface area contributed by atoms with E-state index in [-0.39, 0.29) is 37.4 Å². The van der Waals surface area contributed by atoms with E-state index < -0.39 is 17.0 Å². The fraction of sp³-hybridized carbons (Fsp3) is 0.375. The molecule has 142 valence electrons. The van der Waals surface area contributed by atoms with Crippen LogP contribution in [0.15, 0.2) is 36.9 Å². The van der Waals surface area contributed by atoms with Crippen LogP contribution in [0.2, 0.25) is 0 Å². The number of hydrogen-bond donors (Lipinski definition) is 0. The maximum Gasteiger partial charge on any atom is 0.341 e. The summed E-state index contributed by atoms with van der Waals surface area (Å²) < 4.78 is 10.2. The molecule has 0 bridgehead atoms. The minimum Gasteiger partial charge on any atom is -0.462 e. The van der Waals surface area contributed by atoms with Gasteiger partial charge < -0.3 is 14.3 Å². The molecule has 0 saturated heterocycles. The average molecular weight is 401 g/mol. The first-order valence-electron chi connectivity index (χ1n) is 7.64. The highest BCUT2D eigenvalue weighted by Crippen LogP contribution is 2.23. The number of hydrogen-bond acceptors (Lipinski definition) is 9. The number of ether oxygens (including phenoxy) is 2. The van der Waals surface area contributed by atoms with Crippen LogP contribution in [0.4, 0.5) is 0 Å². The van der Waals surface area contributed by atoms with Crippen molar-refractivity contribution >= 4 is 33.5 Å². The zero-order valence-corrected chi connectivity index (χ0v) is 15.6. The zero-order chi connectivity index (χ0) is 19.2. The van der Waals surface area contributed by atoms with Crippen LogP contribution in [0.25, 0.3) is 0 Å². The smallest absolute Gasteiger partial charge is 0.341 e. The highest BCUT2D eigenvalue weighted by atomic mass is 33.1. The molecule has 0 amide bonds.